The summed E-state index contributed by atoms with van der Waals surface area (Å²) in [6.07, 6.45) is 7.19. The molecule has 0 radical (unpaired) electrons. The van der Waals surface area contributed by atoms with Gasteiger partial charge in [-0.2, -0.15) is 0 Å². The molecule has 1 aliphatic rings. The molecule has 0 saturated heterocycles. The fourth-order valence-electron chi connectivity index (χ4n) is 3.19. The molecule has 0 heterocycles. The number of hydrogen-bond donors (Lipinski definition) is 0. The van der Waals surface area contributed by atoms with Crippen molar-refractivity contribution in [3.63, 3.8) is 0 Å². The number of aldehydes is 1. The zero-order valence-electron chi connectivity index (χ0n) is 13.1. The number of halogens is 1. The van der Waals surface area contributed by atoms with Crippen LogP contribution in [0.1, 0.15) is 59.5 Å². The molecule has 2 nitrogen and oxygen atoms in total. The van der Waals surface area contributed by atoms with Gasteiger partial charge in [0, 0.05) is 5.56 Å². The lowest BCUT2D eigenvalue weighted by atomic mass is 9.84. The molecule has 0 bridgehead atoms. The first-order valence-electron chi connectivity index (χ1n) is 8.22. The molecule has 1 fully saturated rings. The molecule has 0 atom stereocenters. The van der Waals surface area contributed by atoms with Gasteiger partial charge in [-0.3, -0.25) is 4.79 Å². The van der Waals surface area contributed by atoms with Gasteiger partial charge in [0.1, 0.15) is 12.9 Å². The van der Waals surface area contributed by atoms with E-state index in [0.29, 0.717) is 24.4 Å². The Morgan fingerprint density at radius 1 is 1.04 bits per heavy atom. The van der Waals surface area contributed by atoms with Crippen LogP contribution in [-0.2, 0) is 6.61 Å². The van der Waals surface area contributed by atoms with E-state index in [4.69, 9.17) is 4.74 Å². The normalized spacial score (nSPS) is 15.3. The highest BCUT2D eigenvalue weighted by molar-refractivity contribution is 5.74. The maximum Gasteiger partial charge on any atom is 0.165 e. The Balaban J connectivity index is 1.61. The molecule has 23 heavy (non-hydrogen) atoms. The third-order valence-corrected chi connectivity index (χ3v) is 4.54. The van der Waals surface area contributed by atoms with Crippen LogP contribution in [0.4, 0.5) is 4.39 Å². The Morgan fingerprint density at radius 3 is 2.43 bits per heavy atom. The molecule has 0 aliphatic heterocycles. The summed E-state index contributed by atoms with van der Waals surface area (Å²) in [6.45, 7) is 0.322. The summed E-state index contributed by atoms with van der Waals surface area (Å²) >= 11 is 0. The minimum absolute atomic E-state index is 0.173. The van der Waals surface area contributed by atoms with E-state index in [1.165, 1.54) is 49.8 Å². The van der Waals surface area contributed by atoms with Gasteiger partial charge in [-0.1, -0.05) is 43.5 Å². The third-order valence-electron chi connectivity index (χ3n) is 4.54. The minimum atomic E-state index is -0.506. The van der Waals surface area contributed by atoms with Gasteiger partial charge in [0.05, 0.1) is 0 Å². The standard InChI is InChI=1S/C20H21FO2/c21-19-12-16(13-22)8-11-20(19)23-14-15-6-9-18(10-7-15)17-4-2-1-3-5-17/h6-13,17H,1-5,14H2. The molecular formula is C20H21FO2. The average Bonchev–Trinajstić information content (AvgIpc) is 2.62. The first-order valence-corrected chi connectivity index (χ1v) is 8.22. The number of carbonyl (C=O) groups is 1. The van der Waals surface area contributed by atoms with E-state index in [0.717, 1.165) is 5.56 Å². The Hall–Kier alpha value is -2.16. The van der Waals surface area contributed by atoms with Crippen LogP contribution in [0.15, 0.2) is 42.5 Å². The Labute approximate surface area is 136 Å². The predicted octanol–water partition coefficient (Wildman–Crippen LogP) is 5.26. The molecule has 3 heteroatoms. The second kappa shape index (κ2) is 7.40. The zero-order valence-corrected chi connectivity index (χ0v) is 13.1. The Bertz CT molecular complexity index is 658. The summed E-state index contributed by atoms with van der Waals surface area (Å²) in [5.74, 6) is 0.354. The van der Waals surface area contributed by atoms with Crippen LogP contribution >= 0.6 is 0 Å². The first kappa shape index (κ1) is 15.7. The van der Waals surface area contributed by atoms with Crippen LogP contribution < -0.4 is 4.74 Å². The third kappa shape index (κ3) is 3.98. The van der Waals surface area contributed by atoms with Crippen molar-refractivity contribution in [3.05, 3.63) is 65.0 Å². The summed E-state index contributed by atoms with van der Waals surface area (Å²) in [5, 5.41) is 0. The molecule has 3 rings (SSSR count). The van der Waals surface area contributed by atoms with Crippen LogP contribution in [-0.4, -0.2) is 6.29 Å². The molecule has 120 valence electrons. The summed E-state index contributed by atoms with van der Waals surface area (Å²) in [6, 6.07) is 12.7. The van der Waals surface area contributed by atoms with Crippen molar-refractivity contribution in [2.75, 3.05) is 0 Å². The van der Waals surface area contributed by atoms with E-state index in [1.807, 2.05) is 0 Å². The fraction of sp³-hybridized carbons (Fsp3) is 0.350. The van der Waals surface area contributed by atoms with Gasteiger partial charge in [-0.05, 0) is 48.1 Å². The van der Waals surface area contributed by atoms with E-state index in [1.54, 1.807) is 6.07 Å². The van der Waals surface area contributed by atoms with Crippen LogP contribution in [0.2, 0.25) is 0 Å². The van der Waals surface area contributed by atoms with E-state index < -0.39 is 5.82 Å². The highest BCUT2D eigenvalue weighted by atomic mass is 19.1. The number of rotatable bonds is 5. The minimum Gasteiger partial charge on any atom is -0.486 e. The second-order valence-electron chi connectivity index (χ2n) is 6.17. The van der Waals surface area contributed by atoms with Crippen LogP contribution in [0, 0.1) is 5.82 Å². The zero-order chi connectivity index (χ0) is 16.1. The molecule has 0 spiro atoms. The van der Waals surface area contributed by atoms with Gasteiger partial charge < -0.3 is 4.74 Å². The van der Waals surface area contributed by atoms with Gasteiger partial charge in [0.25, 0.3) is 0 Å². The Morgan fingerprint density at radius 2 is 1.78 bits per heavy atom. The van der Waals surface area contributed by atoms with Crippen molar-refractivity contribution in [3.8, 4) is 5.75 Å². The fourth-order valence-corrected chi connectivity index (χ4v) is 3.19. The van der Waals surface area contributed by atoms with Crippen molar-refractivity contribution in [2.24, 2.45) is 0 Å². The largest absolute Gasteiger partial charge is 0.486 e. The highest BCUT2D eigenvalue weighted by Crippen LogP contribution is 2.32. The van der Waals surface area contributed by atoms with E-state index in [2.05, 4.69) is 24.3 Å². The van der Waals surface area contributed by atoms with E-state index >= 15 is 0 Å². The summed E-state index contributed by atoms with van der Waals surface area (Å²) < 4.78 is 19.3. The summed E-state index contributed by atoms with van der Waals surface area (Å²) in [4.78, 5) is 10.6. The van der Waals surface area contributed by atoms with Gasteiger partial charge in [-0.15, -0.1) is 0 Å². The van der Waals surface area contributed by atoms with Crippen LogP contribution in [0.25, 0.3) is 0 Å². The van der Waals surface area contributed by atoms with Gasteiger partial charge in [0.2, 0.25) is 0 Å². The molecule has 2 aromatic carbocycles. The molecule has 1 aliphatic carbocycles. The van der Waals surface area contributed by atoms with Crippen molar-refractivity contribution in [1.29, 1.82) is 0 Å². The second-order valence-corrected chi connectivity index (χ2v) is 6.17. The topological polar surface area (TPSA) is 26.3 Å². The smallest absolute Gasteiger partial charge is 0.165 e. The number of benzene rings is 2. The van der Waals surface area contributed by atoms with Crippen molar-refractivity contribution in [1.82, 2.24) is 0 Å². The predicted molar refractivity (Wildman–Crippen MR) is 88.4 cm³/mol. The quantitative estimate of drug-likeness (QED) is 0.703. The number of ether oxygens (including phenoxy) is 1. The van der Waals surface area contributed by atoms with Crippen molar-refractivity contribution >= 4 is 6.29 Å². The van der Waals surface area contributed by atoms with Gasteiger partial charge in [0.15, 0.2) is 11.6 Å². The maximum absolute atomic E-state index is 13.8. The van der Waals surface area contributed by atoms with Crippen molar-refractivity contribution in [2.45, 2.75) is 44.6 Å². The van der Waals surface area contributed by atoms with Gasteiger partial charge in [-0.25, -0.2) is 4.39 Å². The number of carbonyl (C=O) groups excluding carboxylic acids is 1. The summed E-state index contributed by atoms with van der Waals surface area (Å²) in [5.41, 5.74) is 2.73. The lowest BCUT2D eigenvalue weighted by Gasteiger charge is -2.22. The average molecular weight is 312 g/mol. The SMILES string of the molecule is O=Cc1ccc(OCc2ccc(C3CCCCC3)cc2)c(F)c1. The maximum atomic E-state index is 13.8. The molecule has 2 aromatic rings. The molecule has 0 N–H and O–H groups in total. The first-order chi connectivity index (χ1) is 11.3. The lowest BCUT2D eigenvalue weighted by Crippen LogP contribution is -2.05. The van der Waals surface area contributed by atoms with Crippen LogP contribution in [0.5, 0.6) is 5.75 Å². The van der Waals surface area contributed by atoms with Gasteiger partial charge >= 0.3 is 0 Å². The number of hydrogen-bond acceptors (Lipinski definition) is 2. The monoisotopic (exact) mass is 312 g/mol. The van der Waals surface area contributed by atoms with Crippen molar-refractivity contribution < 1.29 is 13.9 Å². The molecule has 0 aromatic heterocycles. The Kier molecular flexibility index (Phi) is 5.06. The molecule has 1 saturated carbocycles. The molecule has 0 unspecified atom stereocenters. The molecular weight excluding hydrogens is 291 g/mol. The summed E-state index contributed by atoms with van der Waals surface area (Å²) in [7, 11) is 0. The lowest BCUT2D eigenvalue weighted by molar-refractivity contribution is 0.112. The van der Waals surface area contributed by atoms with E-state index in [-0.39, 0.29) is 5.75 Å². The van der Waals surface area contributed by atoms with Crippen LogP contribution in [0.3, 0.4) is 0 Å². The molecule has 0 amide bonds. The van der Waals surface area contributed by atoms with E-state index in [9.17, 15) is 9.18 Å². The highest BCUT2D eigenvalue weighted by Gasteiger charge is 2.15.